The van der Waals surface area contributed by atoms with Crippen LogP contribution in [-0.4, -0.2) is 18.0 Å². The number of hydrogen-bond acceptors (Lipinski definition) is 2. The first-order valence-electron chi connectivity index (χ1n) is 3.83. The van der Waals surface area contributed by atoms with Crippen LogP contribution in [0.4, 0.5) is 0 Å². The molecule has 10 heavy (non-hydrogen) atoms. The first-order chi connectivity index (χ1) is 4.77. The summed E-state index contributed by atoms with van der Waals surface area (Å²) in [5.41, 5.74) is 5.75. The van der Waals surface area contributed by atoms with Crippen LogP contribution in [0.25, 0.3) is 0 Å². The van der Waals surface area contributed by atoms with E-state index in [2.05, 4.69) is 5.32 Å². The monoisotopic (exact) mass is 140 g/mol. The van der Waals surface area contributed by atoms with Gasteiger partial charge in [-0.3, -0.25) is 4.79 Å². The van der Waals surface area contributed by atoms with Crippen molar-refractivity contribution in [3.63, 3.8) is 0 Å². The van der Waals surface area contributed by atoms with E-state index in [1.165, 1.54) is 0 Å². The van der Waals surface area contributed by atoms with Gasteiger partial charge in [0.15, 0.2) is 0 Å². The first-order valence-corrected chi connectivity index (χ1v) is 3.83. The zero-order valence-corrected chi connectivity index (χ0v) is 5.84. The Labute approximate surface area is 60.0 Å². The number of amides is 1. The van der Waals surface area contributed by atoms with Gasteiger partial charge in [0.1, 0.15) is 0 Å². The van der Waals surface area contributed by atoms with Crippen LogP contribution in [0.5, 0.6) is 0 Å². The molecular weight excluding hydrogens is 128 g/mol. The predicted molar refractivity (Wildman–Crippen MR) is 37.2 cm³/mol. The van der Waals surface area contributed by atoms with Gasteiger partial charge in [0.05, 0.1) is 5.92 Å². The minimum atomic E-state index is 0.124. The van der Waals surface area contributed by atoms with Gasteiger partial charge in [-0.1, -0.05) is 0 Å². The molecule has 1 saturated heterocycles. The van der Waals surface area contributed by atoms with E-state index in [0.717, 1.165) is 19.3 Å². The van der Waals surface area contributed by atoms with E-state index in [1.807, 2.05) is 0 Å². The molecule has 3 N–H and O–H groups in total. The summed E-state index contributed by atoms with van der Waals surface area (Å²) in [7, 11) is 0. The van der Waals surface area contributed by atoms with E-state index in [0.29, 0.717) is 6.04 Å². The van der Waals surface area contributed by atoms with E-state index in [1.54, 1.807) is 0 Å². The van der Waals surface area contributed by atoms with Crippen LogP contribution in [-0.2, 0) is 4.79 Å². The molecule has 1 aliphatic carbocycles. The molecule has 0 unspecified atom stereocenters. The van der Waals surface area contributed by atoms with Gasteiger partial charge >= 0.3 is 0 Å². The second kappa shape index (κ2) is 1.95. The molecular formula is C7H12N2O. The summed E-state index contributed by atoms with van der Waals surface area (Å²) in [5, 5.41) is 2.93. The highest BCUT2D eigenvalue weighted by molar-refractivity contribution is 5.82. The van der Waals surface area contributed by atoms with Crippen LogP contribution in [0, 0.1) is 5.92 Å². The molecule has 1 heterocycles. The molecule has 3 heteroatoms. The molecule has 0 aromatic rings. The van der Waals surface area contributed by atoms with Crippen LogP contribution < -0.4 is 11.1 Å². The van der Waals surface area contributed by atoms with Gasteiger partial charge in [-0.2, -0.15) is 0 Å². The number of hydrogen-bond donors (Lipinski definition) is 2. The Morgan fingerprint density at radius 3 is 3.00 bits per heavy atom. The summed E-state index contributed by atoms with van der Waals surface area (Å²) in [6.45, 7) is 0. The summed E-state index contributed by atoms with van der Waals surface area (Å²) in [6, 6.07) is 0.566. The molecule has 0 aromatic carbocycles. The zero-order valence-electron chi connectivity index (χ0n) is 5.84. The number of carbonyl (C=O) groups excluding carboxylic acids is 1. The number of nitrogens with two attached hydrogens (primary N) is 1. The maximum atomic E-state index is 11.1. The zero-order chi connectivity index (χ0) is 7.14. The number of carbonyl (C=O) groups is 1. The van der Waals surface area contributed by atoms with Crippen LogP contribution in [0.1, 0.15) is 19.3 Å². The molecule has 1 amide bonds. The lowest BCUT2D eigenvalue weighted by Crippen LogP contribution is -2.35. The SMILES string of the molecule is N[C@@H]1CC[C@H]2C[C@H]1C(=O)N2. The Bertz CT molecular complexity index is 169. The van der Waals surface area contributed by atoms with Gasteiger partial charge in [-0.05, 0) is 19.3 Å². The van der Waals surface area contributed by atoms with Crippen LogP contribution in [0.15, 0.2) is 0 Å². The molecule has 3 nitrogen and oxygen atoms in total. The van der Waals surface area contributed by atoms with E-state index < -0.39 is 0 Å². The van der Waals surface area contributed by atoms with Gasteiger partial charge in [0, 0.05) is 12.1 Å². The number of fused-ring (bicyclic) bond motifs is 2. The summed E-state index contributed by atoms with van der Waals surface area (Å²) < 4.78 is 0. The van der Waals surface area contributed by atoms with Crippen molar-refractivity contribution < 1.29 is 4.79 Å². The summed E-state index contributed by atoms with van der Waals surface area (Å²) in [5.74, 6) is 0.300. The van der Waals surface area contributed by atoms with Crippen molar-refractivity contribution in [1.82, 2.24) is 5.32 Å². The third kappa shape index (κ3) is 0.736. The highest BCUT2D eigenvalue weighted by atomic mass is 16.2. The third-order valence-electron chi connectivity index (χ3n) is 2.59. The lowest BCUT2D eigenvalue weighted by atomic mass is 9.86. The van der Waals surface area contributed by atoms with Crippen LogP contribution in [0.3, 0.4) is 0 Å². The fraction of sp³-hybridized carbons (Fsp3) is 0.857. The second-order valence-corrected chi connectivity index (χ2v) is 3.29. The first kappa shape index (κ1) is 6.16. The van der Waals surface area contributed by atoms with Crippen molar-refractivity contribution >= 4 is 5.91 Å². The molecule has 0 spiro atoms. The molecule has 2 fully saturated rings. The maximum Gasteiger partial charge on any atom is 0.224 e. The number of rotatable bonds is 0. The summed E-state index contributed by atoms with van der Waals surface area (Å²) in [4.78, 5) is 11.1. The van der Waals surface area contributed by atoms with Crippen molar-refractivity contribution in [3.05, 3.63) is 0 Å². The third-order valence-corrected chi connectivity index (χ3v) is 2.59. The largest absolute Gasteiger partial charge is 0.353 e. The smallest absolute Gasteiger partial charge is 0.224 e. The summed E-state index contributed by atoms with van der Waals surface area (Å²) >= 11 is 0. The lowest BCUT2D eigenvalue weighted by Gasteiger charge is -2.21. The normalized spacial score (nSPS) is 45.3. The molecule has 2 aliphatic rings. The molecule has 0 aromatic heterocycles. The molecule has 1 aliphatic heterocycles. The fourth-order valence-electron chi connectivity index (χ4n) is 1.93. The minimum absolute atomic E-state index is 0.124. The van der Waals surface area contributed by atoms with Crippen molar-refractivity contribution in [2.75, 3.05) is 0 Å². The van der Waals surface area contributed by atoms with E-state index in [4.69, 9.17) is 5.73 Å². The topological polar surface area (TPSA) is 55.1 Å². The van der Waals surface area contributed by atoms with Crippen LogP contribution in [0.2, 0.25) is 0 Å². The molecule has 2 bridgehead atoms. The Hall–Kier alpha value is -0.570. The van der Waals surface area contributed by atoms with Crippen molar-refractivity contribution in [3.8, 4) is 0 Å². The summed E-state index contributed by atoms with van der Waals surface area (Å²) in [6.07, 6.45) is 3.05. The van der Waals surface area contributed by atoms with Gasteiger partial charge in [-0.25, -0.2) is 0 Å². The van der Waals surface area contributed by atoms with E-state index in [-0.39, 0.29) is 17.9 Å². The lowest BCUT2D eigenvalue weighted by molar-refractivity contribution is -0.122. The quantitative estimate of drug-likeness (QED) is 0.481. The Morgan fingerprint density at radius 2 is 2.30 bits per heavy atom. The highest BCUT2D eigenvalue weighted by Crippen LogP contribution is 2.28. The van der Waals surface area contributed by atoms with Gasteiger partial charge < -0.3 is 11.1 Å². The predicted octanol–water partition coefficient (Wildman–Crippen LogP) is -0.388. The molecule has 3 atom stereocenters. The minimum Gasteiger partial charge on any atom is -0.353 e. The molecule has 2 rings (SSSR count). The Morgan fingerprint density at radius 1 is 1.50 bits per heavy atom. The second-order valence-electron chi connectivity index (χ2n) is 3.29. The van der Waals surface area contributed by atoms with Crippen molar-refractivity contribution in [2.24, 2.45) is 11.7 Å². The average molecular weight is 140 g/mol. The maximum absolute atomic E-state index is 11.1. The standard InChI is InChI=1S/C7H12N2O/c8-6-2-1-4-3-5(6)7(10)9-4/h4-6H,1-3,8H2,(H,9,10)/t4-,5+,6+/m0/s1. The molecule has 0 radical (unpaired) electrons. The van der Waals surface area contributed by atoms with E-state index >= 15 is 0 Å². The fourth-order valence-corrected chi connectivity index (χ4v) is 1.93. The number of nitrogens with one attached hydrogen (secondary N) is 1. The molecule has 56 valence electrons. The Balaban J connectivity index is 2.17. The van der Waals surface area contributed by atoms with Gasteiger partial charge in [0.2, 0.25) is 5.91 Å². The van der Waals surface area contributed by atoms with Crippen molar-refractivity contribution in [2.45, 2.75) is 31.3 Å². The van der Waals surface area contributed by atoms with E-state index in [9.17, 15) is 4.79 Å². The van der Waals surface area contributed by atoms with Crippen LogP contribution >= 0.6 is 0 Å². The van der Waals surface area contributed by atoms with Crippen molar-refractivity contribution in [1.29, 1.82) is 0 Å². The van der Waals surface area contributed by atoms with Gasteiger partial charge in [0.25, 0.3) is 0 Å². The average Bonchev–Trinajstić information content (AvgIpc) is 2.21. The highest BCUT2D eigenvalue weighted by Gasteiger charge is 2.39. The molecule has 1 saturated carbocycles. The van der Waals surface area contributed by atoms with Gasteiger partial charge in [-0.15, -0.1) is 0 Å². The Kier molecular flexibility index (Phi) is 1.20.